The maximum Gasteiger partial charge on any atom is 0.269 e. The van der Waals surface area contributed by atoms with Crippen molar-refractivity contribution < 1.29 is 9.66 Å². The van der Waals surface area contributed by atoms with Crippen molar-refractivity contribution in [2.75, 3.05) is 7.11 Å². The zero-order valence-electron chi connectivity index (χ0n) is 15.5. The van der Waals surface area contributed by atoms with E-state index in [1.165, 1.54) is 25.0 Å². The Balaban J connectivity index is 1.78. The fraction of sp³-hybridized carbons (Fsp3) is 0.632. The first kappa shape index (κ1) is 18.4. The summed E-state index contributed by atoms with van der Waals surface area (Å²) in [6, 6.07) is 6.58. The molecule has 2 saturated carbocycles. The number of hydrogen-bond acceptors (Lipinski definition) is 5. The summed E-state index contributed by atoms with van der Waals surface area (Å²) in [6.45, 7) is 9.04. The minimum Gasteiger partial charge on any atom is -0.380 e. The lowest BCUT2D eigenvalue weighted by Crippen LogP contribution is -2.40. The number of methoxy groups -OCH3 is 1. The average Bonchev–Trinajstić information content (AvgIpc) is 2.90. The number of fused-ring (bicyclic) bond motifs is 2. The second-order valence-corrected chi connectivity index (χ2v) is 8.93. The van der Waals surface area contributed by atoms with E-state index < -0.39 is 0 Å². The molecule has 3 rings (SSSR count). The summed E-state index contributed by atoms with van der Waals surface area (Å²) in [5, 5.41) is 11.1. The van der Waals surface area contributed by atoms with E-state index in [-0.39, 0.29) is 27.5 Å². The maximum atomic E-state index is 10.8. The standard InChI is InChI=1S/C19H26N2O3S/c1-12(13-6-8-14(9-7-13)21(22)23)20-25-16-15-10-11-19(4,17(16)24-5)18(15,2)3/h6-9,15-17H,10-11H2,1-5H3/b20-12+/t15-,16-,17-,19+/m1/s1. The molecule has 0 radical (unpaired) electrons. The second kappa shape index (κ2) is 6.40. The molecule has 0 amide bonds. The monoisotopic (exact) mass is 362 g/mol. The number of nitrogens with zero attached hydrogens (tertiary/aromatic N) is 2. The van der Waals surface area contributed by atoms with E-state index in [2.05, 4.69) is 20.8 Å². The van der Waals surface area contributed by atoms with Crippen LogP contribution in [0.15, 0.2) is 28.7 Å². The largest absolute Gasteiger partial charge is 0.380 e. The Morgan fingerprint density at radius 2 is 1.96 bits per heavy atom. The molecule has 2 aliphatic rings. The highest BCUT2D eigenvalue weighted by Crippen LogP contribution is 2.68. The van der Waals surface area contributed by atoms with E-state index in [4.69, 9.17) is 9.13 Å². The molecule has 0 saturated heterocycles. The van der Waals surface area contributed by atoms with Crippen LogP contribution in [0.3, 0.4) is 0 Å². The number of benzene rings is 1. The van der Waals surface area contributed by atoms with Gasteiger partial charge in [-0.3, -0.25) is 10.1 Å². The van der Waals surface area contributed by atoms with E-state index in [9.17, 15) is 10.1 Å². The molecule has 2 fully saturated rings. The van der Waals surface area contributed by atoms with Crippen molar-refractivity contribution in [2.24, 2.45) is 21.1 Å². The van der Waals surface area contributed by atoms with Crippen LogP contribution in [0.25, 0.3) is 0 Å². The normalized spacial score (nSPS) is 33.6. The molecule has 0 aromatic heterocycles. The van der Waals surface area contributed by atoms with Gasteiger partial charge in [0.15, 0.2) is 0 Å². The topological polar surface area (TPSA) is 64.7 Å². The van der Waals surface area contributed by atoms with E-state index in [0.717, 1.165) is 11.3 Å². The van der Waals surface area contributed by atoms with Gasteiger partial charge in [0.25, 0.3) is 5.69 Å². The lowest BCUT2D eigenvalue weighted by molar-refractivity contribution is -0.384. The zero-order valence-corrected chi connectivity index (χ0v) is 16.3. The van der Waals surface area contributed by atoms with Gasteiger partial charge in [-0.1, -0.05) is 20.8 Å². The molecule has 2 aliphatic carbocycles. The third kappa shape index (κ3) is 2.79. The van der Waals surface area contributed by atoms with E-state index in [0.29, 0.717) is 11.2 Å². The second-order valence-electron chi connectivity index (χ2n) is 7.99. The highest BCUT2D eigenvalue weighted by Gasteiger charge is 2.66. The Labute approximate surface area is 153 Å². The Morgan fingerprint density at radius 3 is 2.52 bits per heavy atom. The first-order valence-corrected chi connectivity index (χ1v) is 9.54. The molecule has 1 aromatic carbocycles. The molecule has 0 N–H and O–H groups in total. The van der Waals surface area contributed by atoms with Crippen molar-refractivity contribution in [1.29, 1.82) is 0 Å². The van der Waals surface area contributed by atoms with Crippen LogP contribution < -0.4 is 0 Å². The predicted molar refractivity (Wildman–Crippen MR) is 102 cm³/mol. The van der Waals surface area contributed by atoms with Gasteiger partial charge in [-0.25, -0.2) is 4.40 Å². The number of hydrogen-bond donors (Lipinski definition) is 0. The van der Waals surface area contributed by atoms with Gasteiger partial charge in [0.05, 0.1) is 22.0 Å². The molecular weight excluding hydrogens is 336 g/mol. The van der Waals surface area contributed by atoms with Crippen LogP contribution in [0.4, 0.5) is 5.69 Å². The molecule has 0 heterocycles. The lowest BCUT2D eigenvalue weighted by Gasteiger charge is -2.38. The van der Waals surface area contributed by atoms with Crippen molar-refractivity contribution >= 4 is 23.3 Å². The first-order chi connectivity index (χ1) is 11.7. The predicted octanol–water partition coefficient (Wildman–Crippen LogP) is 4.89. The van der Waals surface area contributed by atoms with E-state index in [1.807, 2.05) is 14.0 Å². The summed E-state index contributed by atoms with van der Waals surface area (Å²) in [4.78, 5) is 10.4. The lowest BCUT2D eigenvalue weighted by atomic mass is 9.70. The van der Waals surface area contributed by atoms with Gasteiger partial charge in [-0.15, -0.1) is 0 Å². The number of non-ortho nitro benzene ring substituents is 1. The summed E-state index contributed by atoms with van der Waals surface area (Å²) in [7, 11) is 1.81. The molecule has 0 unspecified atom stereocenters. The van der Waals surface area contributed by atoms with Gasteiger partial charge in [0.1, 0.15) is 0 Å². The molecular formula is C19H26N2O3S. The van der Waals surface area contributed by atoms with Crippen LogP contribution in [-0.2, 0) is 4.74 Å². The fourth-order valence-electron chi connectivity index (χ4n) is 4.76. The zero-order chi connectivity index (χ0) is 18.4. The molecule has 0 aliphatic heterocycles. The number of ether oxygens (including phenoxy) is 1. The van der Waals surface area contributed by atoms with Gasteiger partial charge in [-0.05, 0) is 60.7 Å². The highest BCUT2D eigenvalue weighted by atomic mass is 32.2. The molecule has 6 heteroatoms. The number of rotatable bonds is 5. The third-order valence-corrected chi connectivity index (χ3v) is 7.96. The summed E-state index contributed by atoms with van der Waals surface area (Å²) < 4.78 is 10.7. The summed E-state index contributed by atoms with van der Waals surface area (Å²) in [6.07, 6.45) is 2.65. The molecule has 1 aromatic rings. The van der Waals surface area contributed by atoms with Crippen molar-refractivity contribution in [3.05, 3.63) is 39.9 Å². The van der Waals surface area contributed by atoms with Gasteiger partial charge >= 0.3 is 0 Å². The summed E-state index contributed by atoms with van der Waals surface area (Å²) >= 11 is 1.62. The first-order valence-electron chi connectivity index (χ1n) is 8.70. The minimum absolute atomic E-state index is 0.103. The summed E-state index contributed by atoms with van der Waals surface area (Å²) in [5.74, 6) is 0.598. The van der Waals surface area contributed by atoms with Crippen LogP contribution in [-0.4, -0.2) is 29.1 Å². The van der Waals surface area contributed by atoms with Crippen LogP contribution in [0.1, 0.15) is 46.1 Å². The minimum atomic E-state index is -0.383. The Hall–Kier alpha value is -1.40. The quantitative estimate of drug-likeness (QED) is 0.324. The van der Waals surface area contributed by atoms with Crippen LogP contribution in [0.2, 0.25) is 0 Å². The Bertz CT molecular complexity index is 701. The molecule has 2 bridgehead atoms. The molecule has 25 heavy (non-hydrogen) atoms. The fourth-order valence-corrected chi connectivity index (χ4v) is 6.29. The highest BCUT2D eigenvalue weighted by molar-refractivity contribution is 7.98. The number of nitro benzene ring substituents is 1. The third-order valence-electron chi connectivity index (χ3n) is 6.76. The van der Waals surface area contributed by atoms with E-state index in [1.54, 1.807) is 24.1 Å². The van der Waals surface area contributed by atoms with Crippen molar-refractivity contribution in [3.8, 4) is 0 Å². The molecule has 136 valence electrons. The van der Waals surface area contributed by atoms with Gasteiger partial charge in [0, 0.05) is 24.7 Å². The maximum absolute atomic E-state index is 10.8. The summed E-state index contributed by atoms with van der Waals surface area (Å²) in [5.41, 5.74) is 2.36. The average molecular weight is 362 g/mol. The molecule has 4 atom stereocenters. The van der Waals surface area contributed by atoms with Gasteiger partial charge in [-0.2, -0.15) is 0 Å². The van der Waals surface area contributed by atoms with E-state index >= 15 is 0 Å². The van der Waals surface area contributed by atoms with Crippen molar-refractivity contribution in [2.45, 2.75) is 51.9 Å². The van der Waals surface area contributed by atoms with Gasteiger partial charge < -0.3 is 4.74 Å². The Kier molecular flexibility index (Phi) is 4.71. The van der Waals surface area contributed by atoms with Crippen molar-refractivity contribution in [1.82, 2.24) is 0 Å². The van der Waals surface area contributed by atoms with Crippen LogP contribution in [0, 0.1) is 26.9 Å². The molecule has 5 nitrogen and oxygen atoms in total. The van der Waals surface area contributed by atoms with Crippen LogP contribution >= 0.6 is 11.9 Å². The molecule has 0 spiro atoms. The number of nitro groups is 1. The van der Waals surface area contributed by atoms with Gasteiger partial charge in [0.2, 0.25) is 0 Å². The smallest absolute Gasteiger partial charge is 0.269 e. The SMILES string of the molecule is CO[C@@H]1[C@H](S/N=C(\C)c2ccc([N+](=O)[O-])cc2)[C@H]2CC[C@]1(C)C2(C)C. The Morgan fingerprint density at radius 1 is 1.32 bits per heavy atom. The van der Waals surface area contributed by atoms with Crippen molar-refractivity contribution in [3.63, 3.8) is 0 Å². The van der Waals surface area contributed by atoms with Crippen LogP contribution in [0.5, 0.6) is 0 Å².